The molecule has 0 fully saturated rings. The molecule has 146 valence electrons. The molecule has 0 radical (unpaired) electrons. The number of allylic oxidation sites excluding steroid dienone is 3. The molecule has 0 saturated heterocycles. The molecule has 1 rings (SSSR count). The monoisotopic (exact) mass is 351 g/mol. The zero-order valence-electron chi connectivity index (χ0n) is 16.9. The van der Waals surface area contributed by atoms with Gasteiger partial charge in [0.15, 0.2) is 0 Å². The smallest absolute Gasteiger partial charge is 0.112 e. The van der Waals surface area contributed by atoms with Gasteiger partial charge in [0.1, 0.15) is 5.70 Å². The van der Waals surface area contributed by atoms with Crippen molar-refractivity contribution in [2.45, 2.75) is 104 Å². The average molecular weight is 352 g/mol. The Labute approximate surface area is 156 Å². The average Bonchev–Trinajstić information content (AvgIpc) is 3.01. The highest BCUT2D eigenvalue weighted by Crippen LogP contribution is 2.10. The highest BCUT2D eigenvalue weighted by Gasteiger charge is 2.15. The third-order valence-electron chi connectivity index (χ3n) is 4.61. The van der Waals surface area contributed by atoms with Crippen molar-refractivity contribution in [2.24, 2.45) is 0 Å². The summed E-state index contributed by atoms with van der Waals surface area (Å²) in [6, 6.07) is 0. The van der Waals surface area contributed by atoms with Crippen LogP contribution in [-0.4, -0.2) is 12.5 Å². The predicted octanol–water partition coefficient (Wildman–Crippen LogP) is 4.15. The summed E-state index contributed by atoms with van der Waals surface area (Å²) in [6.07, 6.45) is 25.2. The Hall–Kier alpha value is -1.09. The van der Waals surface area contributed by atoms with Crippen molar-refractivity contribution in [3.8, 4) is 0 Å². The first-order chi connectivity index (χ1) is 12.1. The molecule has 1 aliphatic rings. The molecule has 1 aliphatic heterocycles. The van der Waals surface area contributed by atoms with Gasteiger partial charge in [-0.2, -0.15) is 0 Å². The van der Waals surface area contributed by atoms with E-state index in [1.807, 2.05) is 0 Å². The van der Waals surface area contributed by atoms with Gasteiger partial charge in [0, 0.05) is 18.5 Å². The number of carboxylic acids is 1. The van der Waals surface area contributed by atoms with E-state index in [4.69, 9.17) is 9.90 Å². The maximum absolute atomic E-state index is 8.89. The lowest BCUT2D eigenvalue weighted by Crippen LogP contribution is -3.04. The summed E-state index contributed by atoms with van der Waals surface area (Å²) in [5, 5.41) is 8.89. The second-order valence-electron chi connectivity index (χ2n) is 7.10. The minimum atomic E-state index is -1.08. The summed E-state index contributed by atoms with van der Waals surface area (Å²) in [5.74, 6) is -1.08. The number of carbonyl (C=O) groups is 1. The first-order valence-corrected chi connectivity index (χ1v) is 10.5. The maximum Gasteiger partial charge on any atom is 0.112 e. The molecule has 0 bridgehead atoms. The molecule has 0 aromatic heterocycles. The Balaban J connectivity index is 0.00000129. The van der Waals surface area contributed by atoms with Crippen LogP contribution in [0.4, 0.5) is 0 Å². The van der Waals surface area contributed by atoms with Crippen LogP contribution >= 0.6 is 0 Å². The number of quaternary nitrogens is 1. The maximum atomic E-state index is 8.89. The van der Waals surface area contributed by atoms with Gasteiger partial charge in [-0.15, -0.1) is 0 Å². The fraction of sp³-hybridized carbons (Fsp3) is 0.773. The van der Waals surface area contributed by atoms with Gasteiger partial charge in [-0.05, 0) is 32.3 Å². The number of hydrogen-bond donors (Lipinski definition) is 1. The molecule has 1 atom stereocenters. The van der Waals surface area contributed by atoms with E-state index in [9.17, 15) is 0 Å². The molecule has 0 aliphatic carbocycles. The van der Waals surface area contributed by atoms with Crippen molar-refractivity contribution in [1.82, 2.24) is 0 Å². The van der Waals surface area contributed by atoms with E-state index in [0.29, 0.717) is 0 Å². The van der Waals surface area contributed by atoms with Gasteiger partial charge in [0.25, 0.3) is 0 Å². The Morgan fingerprint density at radius 3 is 1.88 bits per heavy atom. The van der Waals surface area contributed by atoms with E-state index in [1.165, 1.54) is 90.0 Å². The summed E-state index contributed by atoms with van der Waals surface area (Å²) >= 11 is 0. The van der Waals surface area contributed by atoms with E-state index in [1.54, 1.807) is 10.6 Å². The van der Waals surface area contributed by atoms with Crippen LogP contribution in [0.5, 0.6) is 0 Å². The quantitative estimate of drug-likeness (QED) is 0.478. The van der Waals surface area contributed by atoms with Gasteiger partial charge in [-0.3, -0.25) is 4.90 Å². The Bertz CT molecular complexity index is 370. The first kappa shape index (κ1) is 23.9. The van der Waals surface area contributed by atoms with Gasteiger partial charge in [-0.25, -0.2) is 0 Å². The lowest BCUT2D eigenvalue weighted by Gasteiger charge is -2.14. The van der Waals surface area contributed by atoms with Crippen LogP contribution in [0.2, 0.25) is 0 Å². The number of nitrogens with one attached hydrogen (secondary N) is 1. The van der Waals surface area contributed by atoms with Crippen LogP contribution in [0.3, 0.4) is 0 Å². The second kappa shape index (κ2) is 17.7. The number of unbranched alkanes of at least 4 members (excludes halogenated alkanes) is 10. The molecule has 0 aromatic rings. The zero-order valence-corrected chi connectivity index (χ0v) is 16.9. The second-order valence-corrected chi connectivity index (χ2v) is 7.10. The summed E-state index contributed by atoms with van der Waals surface area (Å²) in [6.45, 7) is 6.85. The lowest BCUT2D eigenvalue weighted by atomic mass is 10.1. The minimum Gasteiger partial charge on any atom is -0.550 e. The van der Waals surface area contributed by atoms with Crippen LogP contribution in [-0.2, 0) is 4.79 Å². The molecule has 0 aromatic carbocycles. The van der Waals surface area contributed by atoms with Crippen LogP contribution in [0.15, 0.2) is 24.0 Å². The van der Waals surface area contributed by atoms with Crippen molar-refractivity contribution < 1.29 is 14.8 Å². The SMILES string of the molecule is CC(=O)[O-].CCCCCCCCCCCC[NH+]1C=CC=C1CCCC. The topological polar surface area (TPSA) is 44.6 Å². The van der Waals surface area contributed by atoms with Gasteiger partial charge in [-0.1, -0.05) is 71.6 Å². The highest BCUT2D eigenvalue weighted by molar-refractivity contribution is 5.60. The fourth-order valence-electron chi connectivity index (χ4n) is 3.15. The molecular weight excluding hydrogens is 310 g/mol. The number of carboxylic acid groups (broad SMARTS) is 1. The first-order valence-electron chi connectivity index (χ1n) is 10.5. The van der Waals surface area contributed by atoms with Crippen molar-refractivity contribution in [1.29, 1.82) is 0 Å². The number of aliphatic carboxylic acids is 1. The van der Waals surface area contributed by atoms with Gasteiger partial charge < -0.3 is 9.90 Å². The summed E-state index contributed by atoms with van der Waals surface area (Å²) in [5.41, 5.74) is 1.62. The predicted molar refractivity (Wildman–Crippen MR) is 105 cm³/mol. The van der Waals surface area contributed by atoms with E-state index in [-0.39, 0.29) is 0 Å². The van der Waals surface area contributed by atoms with E-state index < -0.39 is 5.97 Å². The largest absolute Gasteiger partial charge is 0.550 e. The molecule has 3 heteroatoms. The standard InChI is InChI=1S/C20H37N.C2H4O2/c1-3-5-7-8-9-10-11-12-13-14-18-21-19-15-17-20(21)16-6-4-2;1-2(3)4/h15,17,19H,3-14,16,18H2,1-2H3;1H3,(H,3,4). The van der Waals surface area contributed by atoms with Crippen LogP contribution < -0.4 is 10.0 Å². The zero-order chi connectivity index (χ0) is 18.8. The van der Waals surface area contributed by atoms with Gasteiger partial charge in [0.2, 0.25) is 0 Å². The van der Waals surface area contributed by atoms with Crippen molar-refractivity contribution >= 4 is 5.97 Å². The molecule has 1 unspecified atom stereocenters. The van der Waals surface area contributed by atoms with Crippen molar-refractivity contribution in [2.75, 3.05) is 6.54 Å². The minimum absolute atomic E-state index is 0.972. The highest BCUT2D eigenvalue weighted by atomic mass is 16.4. The number of hydrogen-bond acceptors (Lipinski definition) is 2. The molecular formula is C22H41NO2. The lowest BCUT2D eigenvalue weighted by molar-refractivity contribution is -0.804. The Morgan fingerprint density at radius 2 is 1.36 bits per heavy atom. The van der Waals surface area contributed by atoms with Crippen LogP contribution in [0.1, 0.15) is 104 Å². The van der Waals surface area contributed by atoms with Crippen LogP contribution in [0, 0.1) is 0 Å². The normalized spacial score (nSPS) is 15.6. The van der Waals surface area contributed by atoms with Crippen molar-refractivity contribution in [3.05, 3.63) is 24.0 Å². The van der Waals surface area contributed by atoms with E-state index >= 15 is 0 Å². The van der Waals surface area contributed by atoms with E-state index in [0.717, 1.165) is 6.92 Å². The molecule has 0 spiro atoms. The van der Waals surface area contributed by atoms with Gasteiger partial charge >= 0.3 is 0 Å². The number of carbonyl (C=O) groups excluding carboxylic acids is 1. The summed E-state index contributed by atoms with van der Waals surface area (Å²) in [4.78, 5) is 10.5. The molecule has 1 N–H and O–H groups in total. The Morgan fingerprint density at radius 1 is 0.880 bits per heavy atom. The number of rotatable bonds is 14. The summed E-state index contributed by atoms with van der Waals surface area (Å²) < 4.78 is 0. The van der Waals surface area contributed by atoms with Gasteiger partial charge in [0.05, 0.1) is 12.7 Å². The summed E-state index contributed by atoms with van der Waals surface area (Å²) in [7, 11) is 0. The molecule has 1 heterocycles. The molecule has 0 saturated carbocycles. The van der Waals surface area contributed by atoms with Crippen LogP contribution in [0.25, 0.3) is 0 Å². The third-order valence-corrected chi connectivity index (χ3v) is 4.61. The van der Waals surface area contributed by atoms with Crippen molar-refractivity contribution in [3.63, 3.8) is 0 Å². The third kappa shape index (κ3) is 16.1. The molecule has 25 heavy (non-hydrogen) atoms. The Kier molecular flexibility index (Phi) is 17.0. The molecule has 0 amide bonds. The van der Waals surface area contributed by atoms with E-state index in [2.05, 4.69) is 32.2 Å². The fourth-order valence-corrected chi connectivity index (χ4v) is 3.15. The molecule has 3 nitrogen and oxygen atoms in total.